The molecule has 8 nitrogen and oxygen atoms in total. The van der Waals surface area contributed by atoms with Crippen LogP contribution in [0.2, 0.25) is 5.02 Å². The molecule has 3 aromatic rings. The van der Waals surface area contributed by atoms with Crippen LogP contribution in [0.3, 0.4) is 0 Å². The minimum absolute atomic E-state index is 0.00509. The van der Waals surface area contributed by atoms with Gasteiger partial charge in [-0.05, 0) is 18.2 Å². The Morgan fingerprint density at radius 1 is 1.41 bits per heavy atom. The molecule has 1 amide bonds. The number of amides is 1. The number of pyridine rings is 2. The summed E-state index contributed by atoms with van der Waals surface area (Å²) in [6.45, 7) is 0. The van der Waals surface area contributed by atoms with Gasteiger partial charge < -0.3 is 9.88 Å². The van der Waals surface area contributed by atoms with Crippen LogP contribution in [0.25, 0.3) is 5.65 Å². The second-order valence-electron chi connectivity index (χ2n) is 4.59. The van der Waals surface area contributed by atoms with Crippen LogP contribution in [0.1, 0.15) is 10.4 Å². The number of anilines is 1. The number of fused-ring (bicyclic) bond motifs is 1. The van der Waals surface area contributed by atoms with E-state index in [4.69, 9.17) is 11.6 Å². The average molecular weight is 320 g/mol. The van der Waals surface area contributed by atoms with E-state index in [-0.39, 0.29) is 21.8 Å². The second-order valence-corrected chi connectivity index (χ2v) is 5.00. The second kappa shape index (κ2) is 5.15. The number of aromatic nitrogens is 4. The molecule has 0 aliphatic rings. The van der Waals surface area contributed by atoms with Crippen LogP contribution >= 0.6 is 11.6 Å². The normalized spacial score (nSPS) is 10.8. The predicted octanol–water partition coefficient (Wildman–Crippen LogP) is 0.627. The third-order valence-electron chi connectivity index (χ3n) is 3.09. The van der Waals surface area contributed by atoms with Gasteiger partial charge in [-0.2, -0.15) is 5.10 Å². The van der Waals surface area contributed by atoms with Crippen LogP contribution in [0.4, 0.5) is 5.69 Å². The van der Waals surface area contributed by atoms with Gasteiger partial charge >= 0.3 is 5.69 Å². The molecule has 0 bridgehead atoms. The minimum atomic E-state index is -0.473. The molecule has 2 N–H and O–H groups in total. The first-order valence-electron chi connectivity index (χ1n) is 6.20. The van der Waals surface area contributed by atoms with Crippen molar-refractivity contribution in [2.24, 2.45) is 7.05 Å². The summed E-state index contributed by atoms with van der Waals surface area (Å²) in [7, 11) is 1.53. The van der Waals surface area contributed by atoms with Gasteiger partial charge in [0.15, 0.2) is 5.65 Å². The number of H-pyrrole nitrogens is 1. The van der Waals surface area contributed by atoms with Gasteiger partial charge in [-0.1, -0.05) is 11.6 Å². The number of rotatable bonds is 2. The average Bonchev–Trinajstić information content (AvgIpc) is 2.86. The number of nitrogens with one attached hydrogen (secondary N) is 2. The lowest BCUT2D eigenvalue weighted by Crippen LogP contribution is -2.20. The summed E-state index contributed by atoms with van der Waals surface area (Å²) >= 11 is 5.80. The van der Waals surface area contributed by atoms with Gasteiger partial charge in [-0.25, -0.2) is 14.3 Å². The van der Waals surface area contributed by atoms with Crippen LogP contribution < -0.4 is 16.6 Å². The van der Waals surface area contributed by atoms with E-state index in [1.54, 1.807) is 6.07 Å². The lowest BCUT2D eigenvalue weighted by molar-refractivity contribution is 0.102. The summed E-state index contributed by atoms with van der Waals surface area (Å²) in [6.07, 6.45) is 2.95. The van der Waals surface area contributed by atoms with Gasteiger partial charge in [-0.15, -0.1) is 0 Å². The molecule has 3 rings (SSSR count). The Morgan fingerprint density at radius 3 is 2.91 bits per heavy atom. The van der Waals surface area contributed by atoms with Crippen LogP contribution in [0.5, 0.6) is 0 Å². The van der Waals surface area contributed by atoms with E-state index in [1.807, 2.05) is 0 Å². The highest BCUT2D eigenvalue weighted by atomic mass is 35.5. The highest BCUT2D eigenvalue weighted by molar-refractivity contribution is 6.30. The van der Waals surface area contributed by atoms with Crippen molar-refractivity contribution < 1.29 is 4.79 Å². The zero-order valence-electron chi connectivity index (χ0n) is 11.3. The van der Waals surface area contributed by atoms with Crippen molar-refractivity contribution in [3.63, 3.8) is 0 Å². The Bertz CT molecular complexity index is 975. The number of carbonyl (C=O) groups is 1. The van der Waals surface area contributed by atoms with E-state index in [2.05, 4.69) is 15.5 Å². The number of carbonyl (C=O) groups excluding carboxylic acids is 1. The summed E-state index contributed by atoms with van der Waals surface area (Å²) in [5.41, 5.74) is -0.0147. The summed E-state index contributed by atoms with van der Waals surface area (Å²) in [6, 6.07) is 4.46. The molecule has 0 aliphatic carbocycles. The first-order valence-corrected chi connectivity index (χ1v) is 6.58. The van der Waals surface area contributed by atoms with E-state index < -0.39 is 11.6 Å². The van der Waals surface area contributed by atoms with E-state index in [1.165, 1.54) is 40.5 Å². The van der Waals surface area contributed by atoms with Crippen molar-refractivity contribution in [2.75, 3.05) is 5.32 Å². The third kappa shape index (κ3) is 2.29. The van der Waals surface area contributed by atoms with E-state index >= 15 is 0 Å². The molecule has 0 unspecified atom stereocenters. The molecule has 0 saturated carbocycles. The summed E-state index contributed by atoms with van der Waals surface area (Å²) in [5.74, 6) is -0.473. The first kappa shape index (κ1) is 14.1. The molecular formula is C13H10ClN5O3. The zero-order chi connectivity index (χ0) is 15.9. The molecule has 3 aromatic heterocycles. The van der Waals surface area contributed by atoms with Gasteiger partial charge in [-0.3, -0.25) is 9.59 Å². The van der Waals surface area contributed by atoms with Crippen LogP contribution in [0, 0.1) is 0 Å². The van der Waals surface area contributed by atoms with Crippen molar-refractivity contribution in [3.05, 3.63) is 62.0 Å². The number of aryl methyl sites for hydroxylation is 1. The fourth-order valence-electron chi connectivity index (χ4n) is 2.05. The Kier molecular flexibility index (Phi) is 3.30. The van der Waals surface area contributed by atoms with Crippen molar-refractivity contribution in [3.8, 4) is 0 Å². The molecule has 0 spiro atoms. The van der Waals surface area contributed by atoms with Crippen LogP contribution in [-0.4, -0.2) is 25.1 Å². The van der Waals surface area contributed by atoms with E-state index in [9.17, 15) is 14.4 Å². The Morgan fingerprint density at radius 2 is 2.18 bits per heavy atom. The molecule has 0 atom stereocenters. The quantitative estimate of drug-likeness (QED) is 0.723. The first-order chi connectivity index (χ1) is 10.5. The summed E-state index contributed by atoms with van der Waals surface area (Å²) in [4.78, 5) is 35.4. The molecule has 3 heterocycles. The lowest BCUT2D eigenvalue weighted by atomic mass is 10.2. The summed E-state index contributed by atoms with van der Waals surface area (Å²) in [5, 5.41) is 8.70. The Balaban J connectivity index is 2.01. The largest absolute Gasteiger partial charge is 0.347 e. The number of halogens is 1. The maximum absolute atomic E-state index is 12.3. The van der Waals surface area contributed by atoms with Gasteiger partial charge in [0, 0.05) is 19.4 Å². The maximum Gasteiger partial charge on any atom is 0.347 e. The van der Waals surface area contributed by atoms with Crippen LogP contribution in [0.15, 0.2) is 40.2 Å². The molecule has 22 heavy (non-hydrogen) atoms. The van der Waals surface area contributed by atoms with Crippen molar-refractivity contribution in [2.45, 2.75) is 0 Å². The van der Waals surface area contributed by atoms with Gasteiger partial charge in [0.25, 0.3) is 11.5 Å². The number of nitrogens with zero attached hydrogens (tertiary/aromatic N) is 3. The van der Waals surface area contributed by atoms with Crippen molar-refractivity contribution in [1.29, 1.82) is 0 Å². The molecule has 0 aliphatic heterocycles. The standard InChI is InChI=1S/C13H10ClN5O3/c1-18-6-7(5-9(14)12(18)21)15-11(20)8-3-2-4-19-10(8)16-17-13(19)22/h2-6H,1H3,(H,15,20)(H,17,22). The SMILES string of the molecule is Cn1cc(NC(=O)c2cccn3c(=O)[nH]nc23)cc(Cl)c1=O. The molecule has 0 fully saturated rings. The molecule has 0 aromatic carbocycles. The van der Waals surface area contributed by atoms with Crippen molar-refractivity contribution >= 4 is 28.8 Å². The number of aromatic amines is 1. The van der Waals surface area contributed by atoms with Gasteiger partial charge in [0.05, 0.1) is 11.3 Å². The molecule has 9 heteroatoms. The van der Waals surface area contributed by atoms with Gasteiger partial charge in [0.1, 0.15) is 5.02 Å². The predicted molar refractivity (Wildman–Crippen MR) is 80.5 cm³/mol. The van der Waals surface area contributed by atoms with Crippen LogP contribution in [-0.2, 0) is 7.05 Å². The lowest BCUT2D eigenvalue weighted by Gasteiger charge is -2.08. The molecule has 0 radical (unpaired) electrons. The topological polar surface area (TPSA) is 101 Å². The molecule has 112 valence electrons. The Hall–Kier alpha value is -2.87. The Labute approximate surface area is 128 Å². The minimum Gasteiger partial charge on any atom is -0.320 e. The third-order valence-corrected chi connectivity index (χ3v) is 3.36. The van der Waals surface area contributed by atoms with E-state index in [0.29, 0.717) is 5.69 Å². The van der Waals surface area contributed by atoms with E-state index in [0.717, 1.165) is 0 Å². The highest BCUT2D eigenvalue weighted by Crippen LogP contribution is 2.13. The molecular weight excluding hydrogens is 310 g/mol. The number of hydrogen-bond donors (Lipinski definition) is 2. The summed E-state index contributed by atoms with van der Waals surface area (Å²) < 4.78 is 2.49. The fourth-order valence-corrected chi connectivity index (χ4v) is 2.30. The van der Waals surface area contributed by atoms with Crippen molar-refractivity contribution in [1.82, 2.24) is 19.2 Å². The maximum atomic E-state index is 12.3. The molecule has 0 saturated heterocycles. The van der Waals surface area contributed by atoms with Gasteiger partial charge in [0.2, 0.25) is 0 Å². The number of hydrogen-bond acceptors (Lipinski definition) is 4. The zero-order valence-corrected chi connectivity index (χ0v) is 12.1. The monoisotopic (exact) mass is 319 g/mol. The fraction of sp³-hybridized carbons (Fsp3) is 0.0769. The smallest absolute Gasteiger partial charge is 0.320 e. The highest BCUT2D eigenvalue weighted by Gasteiger charge is 2.14.